The smallest absolute Gasteiger partial charge is 0.337 e. The van der Waals surface area contributed by atoms with E-state index in [4.69, 9.17) is 18.9 Å². The van der Waals surface area contributed by atoms with Crippen LogP contribution in [-0.2, 0) is 14.3 Å². The Balaban J connectivity index is 1.68. The van der Waals surface area contributed by atoms with Gasteiger partial charge in [-0.15, -0.1) is 0 Å². The Morgan fingerprint density at radius 1 is 1.18 bits per heavy atom. The van der Waals surface area contributed by atoms with Gasteiger partial charge < -0.3 is 34.7 Å². The molecule has 38 heavy (non-hydrogen) atoms. The summed E-state index contributed by atoms with van der Waals surface area (Å²) in [5.74, 6) is 0.0738. The number of hydrogen-bond donors (Lipinski definition) is 4. The van der Waals surface area contributed by atoms with Gasteiger partial charge in [0, 0.05) is 12.6 Å². The van der Waals surface area contributed by atoms with Crippen molar-refractivity contribution in [3.63, 3.8) is 0 Å². The summed E-state index contributed by atoms with van der Waals surface area (Å²) < 4.78 is 21.3. The molecule has 0 saturated heterocycles. The Bertz CT molecular complexity index is 1240. The minimum Gasteiger partial charge on any atom is -0.490 e. The van der Waals surface area contributed by atoms with Crippen molar-refractivity contribution in [2.24, 2.45) is 5.10 Å². The summed E-state index contributed by atoms with van der Waals surface area (Å²) in [7, 11) is 1.27. The number of hydrogen-bond acceptors (Lipinski definition) is 10. The lowest BCUT2D eigenvalue weighted by Gasteiger charge is -2.28. The summed E-state index contributed by atoms with van der Waals surface area (Å²) >= 11 is 0. The molecular formula is C26H30N4O8. The second-order valence-electron chi connectivity index (χ2n) is 8.08. The second kappa shape index (κ2) is 13.1. The number of urea groups is 1. The van der Waals surface area contributed by atoms with Gasteiger partial charge in [-0.2, -0.15) is 5.10 Å². The number of ether oxygens (including phenoxy) is 4. The summed E-state index contributed by atoms with van der Waals surface area (Å²) in [6, 6.07) is 10.5. The lowest BCUT2D eigenvalue weighted by atomic mass is 9.95. The number of aliphatic hydroxyl groups is 1. The molecule has 202 valence electrons. The summed E-state index contributed by atoms with van der Waals surface area (Å²) in [6.45, 7) is 4.89. The van der Waals surface area contributed by atoms with E-state index in [-0.39, 0.29) is 12.2 Å². The highest BCUT2D eigenvalue weighted by Crippen LogP contribution is 2.34. The maximum atomic E-state index is 12.4. The van der Waals surface area contributed by atoms with Crippen molar-refractivity contribution in [2.45, 2.75) is 33.0 Å². The van der Waals surface area contributed by atoms with E-state index in [1.807, 2.05) is 0 Å². The Morgan fingerprint density at radius 3 is 2.68 bits per heavy atom. The summed E-state index contributed by atoms with van der Waals surface area (Å²) in [5.41, 5.74) is 4.43. The molecule has 3 rings (SSSR count). The highest BCUT2D eigenvalue weighted by Gasteiger charge is 2.32. The molecule has 1 aliphatic rings. The first-order valence-corrected chi connectivity index (χ1v) is 11.7. The lowest BCUT2D eigenvalue weighted by Crippen LogP contribution is -2.45. The fraction of sp³-hybridized carbons (Fsp3) is 0.308. The van der Waals surface area contributed by atoms with Crippen molar-refractivity contribution >= 4 is 24.2 Å². The molecule has 12 nitrogen and oxygen atoms in total. The molecule has 2 atom stereocenters. The number of aliphatic hydroxyl groups excluding tert-OH is 1. The number of esters is 2. The third-order valence-electron chi connectivity index (χ3n) is 5.23. The maximum absolute atomic E-state index is 12.4. The molecule has 0 spiro atoms. The largest absolute Gasteiger partial charge is 0.490 e. The molecule has 0 aromatic heterocycles. The van der Waals surface area contributed by atoms with Crippen LogP contribution in [-0.4, -0.2) is 55.8 Å². The van der Waals surface area contributed by atoms with Gasteiger partial charge in [0.15, 0.2) is 17.7 Å². The van der Waals surface area contributed by atoms with E-state index >= 15 is 0 Å². The molecule has 12 heteroatoms. The zero-order valence-corrected chi connectivity index (χ0v) is 21.4. The molecule has 1 aliphatic heterocycles. The lowest BCUT2D eigenvalue weighted by molar-refractivity contribution is -0.136. The zero-order chi connectivity index (χ0) is 27.7. The van der Waals surface area contributed by atoms with E-state index in [0.717, 1.165) is 0 Å². The highest BCUT2D eigenvalue weighted by molar-refractivity contribution is 5.95. The number of nitrogens with zero attached hydrogens (tertiary/aromatic N) is 1. The van der Waals surface area contributed by atoms with Gasteiger partial charge in [0.2, 0.25) is 0 Å². The molecule has 0 bridgehead atoms. The van der Waals surface area contributed by atoms with Crippen LogP contribution in [0.1, 0.15) is 37.9 Å². The van der Waals surface area contributed by atoms with Gasteiger partial charge in [0.1, 0.15) is 12.4 Å². The van der Waals surface area contributed by atoms with E-state index in [0.29, 0.717) is 40.7 Å². The van der Waals surface area contributed by atoms with Crippen molar-refractivity contribution in [3.05, 3.63) is 64.9 Å². The number of carbonyl (C=O) groups excluding carboxylic acids is 3. The van der Waals surface area contributed by atoms with Crippen LogP contribution in [0.2, 0.25) is 0 Å². The van der Waals surface area contributed by atoms with Crippen LogP contribution in [0.4, 0.5) is 4.79 Å². The predicted molar refractivity (Wildman–Crippen MR) is 137 cm³/mol. The van der Waals surface area contributed by atoms with Crippen LogP contribution >= 0.6 is 0 Å². The molecule has 0 radical (unpaired) electrons. The maximum Gasteiger partial charge on any atom is 0.337 e. The fourth-order valence-electron chi connectivity index (χ4n) is 3.64. The Hall–Kier alpha value is -4.58. The van der Waals surface area contributed by atoms with Crippen LogP contribution in [0.3, 0.4) is 0 Å². The number of nitrogens with one attached hydrogen (secondary N) is 3. The third kappa shape index (κ3) is 7.46. The minimum atomic E-state index is -1.16. The van der Waals surface area contributed by atoms with Gasteiger partial charge in [0.25, 0.3) is 0 Å². The van der Waals surface area contributed by atoms with Gasteiger partial charge >= 0.3 is 18.0 Å². The van der Waals surface area contributed by atoms with E-state index in [1.54, 1.807) is 56.3 Å². The van der Waals surface area contributed by atoms with Gasteiger partial charge in [-0.1, -0.05) is 18.2 Å². The predicted octanol–water partition coefficient (Wildman–Crippen LogP) is 2.13. The number of methoxy groups -OCH3 is 1. The number of rotatable bonds is 11. The van der Waals surface area contributed by atoms with Gasteiger partial charge in [-0.3, -0.25) is 10.2 Å². The van der Waals surface area contributed by atoms with E-state index in [1.165, 1.54) is 20.2 Å². The Labute approximate surface area is 219 Å². The Kier molecular flexibility index (Phi) is 9.66. The standard InChI is InChI=1S/C26H30N4O8/c1-5-36-21-12-18(24-23(25(33)35-4)15(2)28-26(34)29-24)9-10-20(21)37-14-22(32)30-27-13-17-7-6-8-19(11-17)38-16(3)31/h6-13,22,24,30,32H,5,14H2,1-4H3,(H2,28,29,34)/b27-13+/t22-,24-/m1/s1. The van der Waals surface area contributed by atoms with Crippen molar-refractivity contribution in [2.75, 3.05) is 20.3 Å². The summed E-state index contributed by atoms with van der Waals surface area (Å²) in [5, 5.41) is 19.5. The quantitative estimate of drug-likeness (QED) is 0.113. The summed E-state index contributed by atoms with van der Waals surface area (Å²) in [4.78, 5) is 35.5. The summed E-state index contributed by atoms with van der Waals surface area (Å²) in [6.07, 6.45) is 0.301. The fourth-order valence-corrected chi connectivity index (χ4v) is 3.64. The van der Waals surface area contributed by atoms with Gasteiger partial charge in [-0.05, 0) is 49.2 Å². The van der Waals surface area contributed by atoms with Crippen LogP contribution in [0, 0.1) is 0 Å². The second-order valence-corrected chi connectivity index (χ2v) is 8.08. The van der Waals surface area contributed by atoms with Crippen molar-refractivity contribution in [1.29, 1.82) is 0 Å². The van der Waals surface area contributed by atoms with Crippen molar-refractivity contribution in [3.8, 4) is 17.2 Å². The topological polar surface area (TPSA) is 157 Å². The molecule has 2 aromatic carbocycles. The van der Waals surface area contributed by atoms with Crippen molar-refractivity contribution < 1.29 is 38.4 Å². The number of carbonyl (C=O) groups is 3. The van der Waals surface area contributed by atoms with Crippen LogP contribution in [0.5, 0.6) is 17.2 Å². The van der Waals surface area contributed by atoms with E-state index < -0.39 is 30.2 Å². The minimum absolute atomic E-state index is 0.166. The van der Waals surface area contributed by atoms with Gasteiger partial charge in [-0.25, -0.2) is 9.59 Å². The Morgan fingerprint density at radius 2 is 1.97 bits per heavy atom. The number of hydrazone groups is 1. The molecule has 0 aliphatic carbocycles. The zero-order valence-electron chi connectivity index (χ0n) is 21.4. The van der Waals surface area contributed by atoms with E-state index in [2.05, 4.69) is 21.2 Å². The van der Waals surface area contributed by atoms with Crippen LogP contribution in [0.15, 0.2) is 58.8 Å². The monoisotopic (exact) mass is 526 g/mol. The first-order chi connectivity index (χ1) is 18.2. The normalized spacial score (nSPS) is 15.8. The first-order valence-electron chi connectivity index (χ1n) is 11.7. The van der Waals surface area contributed by atoms with E-state index in [9.17, 15) is 19.5 Å². The van der Waals surface area contributed by atoms with Crippen LogP contribution in [0.25, 0.3) is 0 Å². The highest BCUT2D eigenvalue weighted by atomic mass is 16.5. The van der Waals surface area contributed by atoms with Crippen molar-refractivity contribution in [1.82, 2.24) is 16.1 Å². The number of amides is 2. The van der Waals surface area contributed by atoms with Gasteiger partial charge in [0.05, 0.1) is 31.5 Å². The molecule has 0 unspecified atom stereocenters. The number of benzene rings is 2. The molecule has 0 fully saturated rings. The third-order valence-corrected chi connectivity index (χ3v) is 5.23. The molecule has 2 aromatic rings. The molecular weight excluding hydrogens is 496 g/mol. The SMILES string of the molecule is CCOc1cc([C@H]2NC(=O)NC(C)=C2C(=O)OC)ccc1OC[C@@H](O)N/N=C/c1cccc(OC(C)=O)c1. The first kappa shape index (κ1) is 28.0. The molecule has 1 heterocycles. The van der Waals surface area contributed by atoms with Crippen LogP contribution < -0.4 is 30.3 Å². The molecule has 0 saturated carbocycles. The molecule has 4 N–H and O–H groups in total. The number of allylic oxidation sites excluding steroid dienone is 1. The molecule has 2 amide bonds. The average Bonchev–Trinajstić information content (AvgIpc) is 2.87. The average molecular weight is 527 g/mol.